The second-order valence-corrected chi connectivity index (χ2v) is 8.58. The summed E-state index contributed by atoms with van der Waals surface area (Å²) in [5, 5.41) is 4.61. The van der Waals surface area contributed by atoms with Gasteiger partial charge >= 0.3 is 0 Å². The summed E-state index contributed by atoms with van der Waals surface area (Å²) in [6, 6.07) is 7.26. The molecule has 0 fully saturated rings. The van der Waals surface area contributed by atoms with Gasteiger partial charge in [0, 0.05) is 24.6 Å². The number of nitrogens with zero attached hydrogens (tertiary/aromatic N) is 2. The number of rotatable bonds is 3. The molecule has 2 atom stereocenters. The lowest BCUT2D eigenvalue weighted by Gasteiger charge is -2.35. The van der Waals surface area contributed by atoms with Gasteiger partial charge in [0.25, 0.3) is 0 Å². The molecule has 0 N–H and O–H groups in total. The van der Waals surface area contributed by atoms with E-state index in [1.807, 2.05) is 0 Å². The number of ether oxygens (including phenoxy) is 3. The summed E-state index contributed by atoms with van der Waals surface area (Å²) < 4.78 is 32.0. The summed E-state index contributed by atoms with van der Waals surface area (Å²) in [7, 11) is 4.56. The van der Waals surface area contributed by atoms with Gasteiger partial charge in [-0.15, -0.1) is 0 Å². The third-order valence-corrected chi connectivity index (χ3v) is 6.77. The molecule has 0 unspecified atom stereocenters. The van der Waals surface area contributed by atoms with Crippen LogP contribution in [0.5, 0.6) is 17.2 Å². The molecule has 1 aliphatic heterocycles. The first-order valence-corrected chi connectivity index (χ1v) is 10.7. The highest BCUT2D eigenvalue weighted by atomic mass is 35.5. The fourth-order valence-corrected chi connectivity index (χ4v) is 5.08. The summed E-state index contributed by atoms with van der Waals surface area (Å²) in [6.07, 6.45) is 0.326. The van der Waals surface area contributed by atoms with Crippen molar-refractivity contribution in [2.75, 3.05) is 14.2 Å². The maximum absolute atomic E-state index is 14.1. The zero-order chi connectivity index (χ0) is 23.7. The van der Waals surface area contributed by atoms with Crippen molar-refractivity contribution in [1.29, 1.82) is 0 Å². The number of halogens is 2. The second-order valence-electron chi connectivity index (χ2n) is 8.20. The number of carbonyl (C=O) groups excluding carboxylic acids is 2. The van der Waals surface area contributed by atoms with Gasteiger partial charge in [0.15, 0.2) is 5.75 Å². The smallest absolute Gasteiger partial charge is 0.237 e. The number of aromatic nitrogens is 2. The molecule has 7 nitrogen and oxygen atoms in total. The minimum absolute atomic E-state index is 0.0636. The molecule has 2 heterocycles. The Morgan fingerprint density at radius 1 is 1.12 bits per heavy atom. The standard InChI is InChI=1S/C24H20ClFN2O5/c1-11-9-14-17(20(28(2)27-14)12-5-7-13(26)8-6-12)22(29)24(11)23(30)18-15(31-3)10-16(32-4)19(25)21(18)33-24/h5-8,10-11H,9H2,1-4H3/t11-,24+/m1/s1. The maximum Gasteiger partial charge on any atom is 0.237 e. The Balaban J connectivity index is 1.71. The Morgan fingerprint density at radius 3 is 2.39 bits per heavy atom. The van der Waals surface area contributed by atoms with E-state index >= 15 is 0 Å². The van der Waals surface area contributed by atoms with E-state index in [-0.39, 0.29) is 33.4 Å². The Hall–Kier alpha value is -3.39. The Bertz CT molecular complexity index is 1330. The highest BCUT2D eigenvalue weighted by Gasteiger charge is 2.62. The van der Waals surface area contributed by atoms with E-state index in [0.29, 0.717) is 23.4 Å². The molecule has 2 aliphatic rings. The molecular weight excluding hydrogens is 451 g/mol. The number of benzene rings is 2. The predicted octanol–water partition coefficient (Wildman–Crippen LogP) is 4.29. The average molecular weight is 471 g/mol. The van der Waals surface area contributed by atoms with Gasteiger partial charge in [-0.05, 0) is 30.7 Å². The summed E-state index contributed by atoms with van der Waals surface area (Å²) in [5.41, 5.74) is 0.221. The summed E-state index contributed by atoms with van der Waals surface area (Å²) in [5.74, 6) is -1.41. The van der Waals surface area contributed by atoms with Crippen LogP contribution in [-0.4, -0.2) is 41.2 Å². The number of fused-ring (bicyclic) bond motifs is 2. The Labute approximate surface area is 194 Å². The fraction of sp³-hybridized carbons (Fsp3) is 0.292. The van der Waals surface area contributed by atoms with Gasteiger partial charge in [-0.25, -0.2) is 4.39 Å². The lowest BCUT2D eigenvalue weighted by Crippen LogP contribution is -2.56. The molecule has 2 aromatic carbocycles. The van der Waals surface area contributed by atoms with Crippen LogP contribution >= 0.6 is 11.6 Å². The molecule has 1 spiro atoms. The zero-order valence-corrected chi connectivity index (χ0v) is 19.1. The molecule has 0 radical (unpaired) electrons. The van der Waals surface area contributed by atoms with E-state index in [4.69, 9.17) is 25.8 Å². The predicted molar refractivity (Wildman–Crippen MR) is 118 cm³/mol. The van der Waals surface area contributed by atoms with Crippen molar-refractivity contribution in [1.82, 2.24) is 9.78 Å². The molecule has 5 rings (SSSR count). The van der Waals surface area contributed by atoms with Gasteiger partial charge in [-0.1, -0.05) is 18.5 Å². The van der Waals surface area contributed by atoms with E-state index in [0.717, 1.165) is 0 Å². The summed E-state index contributed by atoms with van der Waals surface area (Å²) in [6.45, 7) is 1.77. The molecule has 1 aliphatic carbocycles. The highest BCUT2D eigenvalue weighted by molar-refractivity contribution is 6.36. The van der Waals surface area contributed by atoms with Crippen LogP contribution in [0.1, 0.15) is 33.3 Å². The molecular formula is C24H20ClFN2O5. The van der Waals surface area contributed by atoms with Gasteiger partial charge in [0.1, 0.15) is 27.9 Å². The van der Waals surface area contributed by atoms with E-state index < -0.39 is 28.9 Å². The number of methoxy groups -OCH3 is 2. The number of hydrogen-bond acceptors (Lipinski definition) is 6. The minimum atomic E-state index is -1.82. The van der Waals surface area contributed by atoms with E-state index in [2.05, 4.69) is 5.10 Å². The second kappa shape index (κ2) is 7.31. The molecule has 0 amide bonds. The quantitative estimate of drug-likeness (QED) is 0.531. The summed E-state index contributed by atoms with van der Waals surface area (Å²) >= 11 is 6.47. The number of aryl methyl sites for hydroxylation is 1. The molecule has 170 valence electrons. The lowest BCUT2D eigenvalue weighted by atomic mass is 9.71. The van der Waals surface area contributed by atoms with Crippen molar-refractivity contribution in [3.8, 4) is 28.5 Å². The van der Waals surface area contributed by atoms with Crippen LogP contribution in [-0.2, 0) is 13.5 Å². The largest absolute Gasteiger partial charge is 0.496 e. The van der Waals surface area contributed by atoms with Crippen LogP contribution in [0.4, 0.5) is 4.39 Å². The normalized spacial score (nSPS) is 21.1. The molecule has 0 bridgehead atoms. The van der Waals surface area contributed by atoms with Crippen LogP contribution in [0.2, 0.25) is 5.02 Å². The van der Waals surface area contributed by atoms with Gasteiger partial charge in [-0.3, -0.25) is 14.3 Å². The Kier molecular flexibility index (Phi) is 4.75. The Morgan fingerprint density at radius 2 is 1.76 bits per heavy atom. The fourth-order valence-electron chi connectivity index (χ4n) is 4.82. The third kappa shape index (κ3) is 2.76. The van der Waals surface area contributed by atoms with E-state index in [1.54, 1.807) is 30.8 Å². The van der Waals surface area contributed by atoms with Gasteiger partial charge in [0.05, 0.1) is 31.2 Å². The van der Waals surface area contributed by atoms with Crippen LogP contribution in [0, 0.1) is 11.7 Å². The number of ketones is 2. The van der Waals surface area contributed by atoms with Crippen molar-refractivity contribution < 1.29 is 28.2 Å². The summed E-state index contributed by atoms with van der Waals surface area (Å²) in [4.78, 5) is 27.9. The third-order valence-electron chi connectivity index (χ3n) is 6.41. The van der Waals surface area contributed by atoms with Crippen LogP contribution in [0.25, 0.3) is 11.3 Å². The molecule has 33 heavy (non-hydrogen) atoms. The molecule has 0 saturated heterocycles. The van der Waals surface area contributed by atoms with Crippen molar-refractivity contribution >= 4 is 23.2 Å². The van der Waals surface area contributed by atoms with Crippen molar-refractivity contribution in [2.24, 2.45) is 13.0 Å². The van der Waals surface area contributed by atoms with Crippen molar-refractivity contribution in [3.05, 3.63) is 58.0 Å². The monoisotopic (exact) mass is 470 g/mol. The van der Waals surface area contributed by atoms with E-state index in [1.165, 1.54) is 32.4 Å². The first kappa shape index (κ1) is 21.5. The van der Waals surface area contributed by atoms with Gasteiger partial charge < -0.3 is 14.2 Å². The average Bonchev–Trinajstić information content (AvgIpc) is 3.29. The SMILES string of the molecule is COc1cc(OC)c2c(c1Cl)O[C@]1(C2=O)C(=O)c2c(nn(C)c2-c2ccc(F)cc2)C[C@H]1C. The lowest BCUT2D eigenvalue weighted by molar-refractivity contribution is 0.0259. The number of hydrogen-bond donors (Lipinski definition) is 0. The molecule has 1 aromatic heterocycles. The molecule has 3 aromatic rings. The van der Waals surface area contributed by atoms with E-state index in [9.17, 15) is 14.0 Å². The van der Waals surface area contributed by atoms with Crippen LogP contribution in [0.3, 0.4) is 0 Å². The first-order valence-electron chi connectivity index (χ1n) is 10.3. The molecule has 0 saturated carbocycles. The van der Waals surface area contributed by atoms with Crippen LogP contribution < -0.4 is 14.2 Å². The number of Topliss-reactive ketones (excluding diaryl/α,β-unsaturated/α-hetero) is 2. The van der Waals surface area contributed by atoms with Gasteiger partial charge in [0.2, 0.25) is 17.2 Å². The number of carbonyl (C=O) groups is 2. The molecule has 9 heteroatoms. The zero-order valence-electron chi connectivity index (χ0n) is 18.4. The van der Waals surface area contributed by atoms with Crippen LogP contribution in [0.15, 0.2) is 30.3 Å². The maximum atomic E-state index is 14.1. The topological polar surface area (TPSA) is 79.7 Å². The van der Waals surface area contributed by atoms with Crippen molar-refractivity contribution in [2.45, 2.75) is 18.9 Å². The highest BCUT2D eigenvalue weighted by Crippen LogP contribution is 2.54. The first-order chi connectivity index (χ1) is 15.7. The minimum Gasteiger partial charge on any atom is -0.496 e. The van der Waals surface area contributed by atoms with Crippen molar-refractivity contribution in [3.63, 3.8) is 0 Å². The van der Waals surface area contributed by atoms with Gasteiger partial charge in [-0.2, -0.15) is 5.10 Å².